The summed E-state index contributed by atoms with van der Waals surface area (Å²) >= 11 is 0. The van der Waals surface area contributed by atoms with Gasteiger partial charge in [-0.05, 0) is 37.1 Å². The predicted molar refractivity (Wildman–Crippen MR) is 95.8 cm³/mol. The molecule has 0 saturated carbocycles. The quantitative estimate of drug-likeness (QED) is 0.677. The second-order valence-corrected chi connectivity index (χ2v) is 6.30. The number of fused-ring (bicyclic) bond motifs is 2. The molecule has 0 radical (unpaired) electrons. The van der Waals surface area contributed by atoms with E-state index < -0.39 is 12.1 Å². The minimum atomic E-state index is -0.855. The SMILES string of the molecule is C[C@H](OC(=O)Cc1noc2ccccc12)C(=O)N1CCc2ccccc21. The summed E-state index contributed by atoms with van der Waals surface area (Å²) in [6.07, 6.45) is -0.0783. The Hall–Kier alpha value is -3.15. The molecule has 4 rings (SSSR count). The molecule has 2 heterocycles. The van der Waals surface area contributed by atoms with E-state index in [-0.39, 0.29) is 12.3 Å². The number of nitrogens with zero attached hydrogens (tertiary/aromatic N) is 2. The topological polar surface area (TPSA) is 72.6 Å². The van der Waals surface area contributed by atoms with Crippen molar-refractivity contribution in [3.8, 4) is 0 Å². The van der Waals surface area contributed by atoms with Crippen LogP contribution in [0.1, 0.15) is 18.2 Å². The first-order valence-corrected chi connectivity index (χ1v) is 8.55. The molecule has 0 aliphatic carbocycles. The van der Waals surface area contributed by atoms with Crippen LogP contribution in [-0.4, -0.2) is 29.7 Å². The summed E-state index contributed by atoms with van der Waals surface area (Å²) < 4.78 is 10.5. The lowest BCUT2D eigenvalue weighted by Gasteiger charge is -2.21. The number of carbonyl (C=O) groups is 2. The van der Waals surface area contributed by atoms with Crippen molar-refractivity contribution in [2.24, 2.45) is 0 Å². The lowest BCUT2D eigenvalue weighted by molar-refractivity contribution is -0.153. The Morgan fingerprint density at radius 1 is 1.19 bits per heavy atom. The molecular weight excluding hydrogens is 332 g/mol. The number of benzene rings is 2. The second-order valence-electron chi connectivity index (χ2n) is 6.30. The molecule has 2 aromatic carbocycles. The molecule has 0 unspecified atom stereocenters. The third-order valence-corrected chi connectivity index (χ3v) is 4.57. The van der Waals surface area contributed by atoms with Gasteiger partial charge in [0.05, 0.1) is 6.42 Å². The molecule has 1 amide bonds. The third-order valence-electron chi connectivity index (χ3n) is 4.57. The van der Waals surface area contributed by atoms with Gasteiger partial charge < -0.3 is 14.2 Å². The van der Waals surface area contributed by atoms with Crippen molar-refractivity contribution in [1.29, 1.82) is 0 Å². The summed E-state index contributed by atoms with van der Waals surface area (Å²) in [5, 5.41) is 4.70. The van der Waals surface area contributed by atoms with E-state index in [1.54, 1.807) is 17.9 Å². The van der Waals surface area contributed by atoms with Crippen LogP contribution < -0.4 is 4.90 Å². The largest absolute Gasteiger partial charge is 0.452 e. The first-order valence-electron chi connectivity index (χ1n) is 8.55. The number of ether oxygens (including phenoxy) is 1. The van der Waals surface area contributed by atoms with E-state index in [0.29, 0.717) is 17.8 Å². The molecule has 1 atom stereocenters. The molecule has 26 heavy (non-hydrogen) atoms. The third kappa shape index (κ3) is 2.94. The number of amides is 1. The highest BCUT2D eigenvalue weighted by Gasteiger charge is 2.30. The molecule has 0 fully saturated rings. The van der Waals surface area contributed by atoms with E-state index >= 15 is 0 Å². The van der Waals surface area contributed by atoms with Crippen LogP contribution in [0.3, 0.4) is 0 Å². The molecule has 0 bridgehead atoms. The van der Waals surface area contributed by atoms with Gasteiger partial charge in [0.15, 0.2) is 11.7 Å². The van der Waals surface area contributed by atoms with Gasteiger partial charge in [-0.3, -0.25) is 9.59 Å². The zero-order valence-electron chi connectivity index (χ0n) is 14.3. The zero-order valence-corrected chi connectivity index (χ0v) is 14.3. The van der Waals surface area contributed by atoms with Gasteiger partial charge in [0, 0.05) is 17.6 Å². The van der Waals surface area contributed by atoms with Gasteiger partial charge in [-0.1, -0.05) is 35.5 Å². The lowest BCUT2D eigenvalue weighted by Crippen LogP contribution is -2.39. The maximum Gasteiger partial charge on any atom is 0.312 e. The number of para-hydroxylation sites is 2. The number of rotatable bonds is 4. The molecule has 1 aliphatic heterocycles. The fourth-order valence-electron chi connectivity index (χ4n) is 3.28. The fraction of sp³-hybridized carbons (Fsp3) is 0.250. The van der Waals surface area contributed by atoms with Crippen LogP contribution >= 0.6 is 0 Å². The number of anilines is 1. The van der Waals surface area contributed by atoms with Crippen molar-refractivity contribution in [2.75, 3.05) is 11.4 Å². The van der Waals surface area contributed by atoms with Crippen LogP contribution in [0.2, 0.25) is 0 Å². The predicted octanol–water partition coefficient (Wildman–Crippen LogP) is 2.89. The van der Waals surface area contributed by atoms with Crippen molar-refractivity contribution in [1.82, 2.24) is 5.16 Å². The Labute approximate surface area is 150 Å². The van der Waals surface area contributed by atoms with Gasteiger partial charge in [-0.15, -0.1) is 0 Å². The molecule has 1 aromatic heterocycles. The lowest BCUT2D eigenvalue weighted by atomic mass is 10.2. The van der Waals surface area contributed by atoms with E-state index in [1.165, 1.54) is 0 Å². The zero-order chi connectivity index (χ0) is 18.1. The molecule has 0 spiro atoms. The average molecular weight is 350 g/mol. The molecule has 1 aliphatic rings. The maximum absolute atomic E-state index is 12.7. The minimum absolute atomic E-state index is 0.0365. The van der Waals surface area contributed by atoms with Crippen LogP contribution in [0.5, 0.6) is 0 Å². The minimum Gasteiger partial charge on any atom is -0.452 e. The van der Waals surface area contributed by atoms with Crippen LogP contribution in [-0.2, 0) is 27.2 Å². The summed E-state index contributed by atoms with van der Waals surface area (Å²) in [4.78, 5) is 26.6. The summed E-state index contributed by atoms with van der Waals surface area (Å²) in [5.41, 5.74) is 3.15. The van der Waals surface area contributed by atoms with Crippen LogP contribution in [0.15, 0.2) is 53.1 Å². The Morgan fingerprint density at radius 3 is 2.85 bits per heavy atom. The highest BCUT2D eigenvalue weighted by Crippen LogP contribution is 2.28. The molecule has 6 heteroatoms. The highest BCUT2D eigenvalue weighted by atomic mass is 16.5. The van der Waals surface area contributed by atoms with E-state index in [2.05, 4.69) is 5.16 Å². The Kier molecular flexibility index (Phi) is 4.16. The van der Waals surface area contributed by atoms with Gasteiger partial charge in [-0.25, -0.2) is 0 Å². The van der Waals surface area contributed by atoms with Crippen molar-refractivity contribution in [3.05, 3.63) is 59.8 Å². The van der Waals surface area contributed by atoms with Crippen molar-refractivity contribution < 1.29 is 18.8 Å². The van der Waals surface area contributed by atoms with Crippen LogP contribution in [0, 0.1) is 0 Å². The molecule has 0 N–H and O–H groups in total. The van der Waals surface area contributed by atoms with Crippen molar-refractivity contribution >= 4 is 28.5 Å². The Morgan fingerprint density at radius 2 is 1.96 bits per heavy atom. The number of aromatic nitrogens is 1. The Balaban J connectivity index is 1.42. The number of hydrogen-bond acceptors (Lipinski definition) is 5. The number of esters is 1. The number of carbonyl (C=O) groups excluding carboxylic acids is 2. The highest BCUT2D eigenvalue weighted by molar-refractivity contribution is 5.99. The summed E-state index contributed by atoms with van der Waals surface area (Å²) in [6, 6.07) is 15.1. The maximum atomic E-state index is 12.7. The smallest absolute Gasteiger partial charge is 0.312 e. The standard InChI is InChI=1S/C20H18N2O4/c1-13(20(24)22-11-10-14-6-2-4-8-17(14)22)25-19(23)12-16-15-7-3-5-9-18(15)26-21-16/h2-9,13H,10-12H2,1H3/t13-/m0/s1. The molecule has 132 valence electrons. The normalized spacial score (nSPS) is 14.3. The van der Waals surface area contributed by atoms with Gasteiger partial charge in [0.2, 0.25) is 0 Å². The van der Waals surface area contributed by atoms with E-state index in [9.17, 15) is 9.59 Å². The molecular formula is C20H18N2O4. The fourth-order valence-corrected chi connectivity index (χ4v) is 3.28. The average Bonchev–Trinajstić information content (AvgIpc) is 3.25. The van der Waals surface area contributed by atoms with Gasteiger partial charge in [0.1, 0.15) is 5.69 Å². The van der Waals surface area contributed by atoms with Crippen molar-refractivity contribution in [3.63, 3.8) is 0 Å². The summed E-state index contributed by atoms with van der Waals surface area (Å²) in [5.74, 6) is -0.717. The Bertz CT molecular complexity index is 979. The molecule has 3 aromatic rings. The summed E-state index contributed by atoms with van der Waals surface area (Å²) in [6.45, 7) is 2.20. The first kappa shape index (κ1) is 16.3. The van der Waals surface area contributed by atoms with E-state index in [4.69, 9.17) is 9.26 Å². The summed E-state index contributed by atoms with van der Waals surface area (Å²) in [7, 11) is 0. The van der Waals surface area contributed by atoms with E-state index in [0.717, 1.165) is 23.1 Å². The van der Waals surface area contributed by atoms with Gasteiger partial charge in [-0.2, -0.15) is 0 Å². The molecule has 6 nitrogen and oxygen atoms in total. The van der Waals surface area contributed by atoms with Crippen LogP contribution in [0.4, 0.5) is 5.69 Å². The first-order chi connectivity index (χ1) is 12.6. The monoisotopic (exact) mass is 350 g/mol. The second kappa shape index (κ2) is 6.63. The van der Waals surface area contributed by atoms with Crippen molar-refractivity contribution in [2.45, 2.75) is 25.9 Å². The molecule has 0 saturated heterocycles. The van der Waals surface area contributed by atoms with Gasteiger partial charge in [0.25, 0.3) is 5.91 Å². The number of hydrogen-bond donors (Lipinski definition) is 0. The van der Waals surface area contributed by atoms with Gasteiger partial charge >= 0.3 is 5.97 Å². The van der Waals surface area contributed by atoms with Crippen LogP contribution in [0.25, 0.3) is 11.0 Å². The van der Waals surface area contributed by atoms with E-state index in [1.807, 2.05) is 42.5 Å².